The average molecular weight is 461 g/mol. The van der Waals surface area contributed by atoms with E-state index in [-0.39, 0.29) is 22.2 Å². The molecule has 8 nitrogen and oxygen atoms in total. The van der Waals surface area contributed by atoms with Crippen LogP contribution < -0.4 is 10.6 Å². The number of carbonyl (C=O) groups excluding carboxylic acids is 2. The fourth-order valence-electron chi connectivity index (χ4n) is 1.79. The van der Waals surface area contributed by atoms with Gasteiger partial charge in [0.25, 0.3) is 5.91 Å². The number of halogens is 2. The van der Waals surface area contributed by atoms with Crippen LogP contribution in [0.1, 0.15) is 15.4 Å². The Bertz CT molecular complexity index is 993. The predicted octanol–water partition coefficient (Wildman–Crippen LogP) is 3.99. The van der Waals surface area contributed by atoms with E-state index < -0.39 is 5.91 Å². The van der Waals surface area contributed by atoms with Crippen molar-refractivity contribution >= 4 is 79.7 Å². The molecular weight excluding hydrogens is 451 g/mol. The number of amides is 2. The van der Waals surface area contributed by atoms with Crippen molar-refractivity contribution in [2.75, 3.05) is 16.4 Å². The second-order valence-electron chi connectivity index (χ2n) is 4.91. The van der Waals surface area contributed by atoms with Crippen molar-refractivity contribution in [3.05, 3.63) is 38.8 Å². The summed E-state index contributed by atoms with van der Waals surface area (Å²) in [6.07, 6.45) is 0. The highest BCUT2D eigenvalue weighted by atomic mass is 35.5. The number of hydrogen-bond acceptors (Lipinski definition) is 9. The van der Waals surface area contributed by atoms with Gasteiger partial charge in [-0.1, -0.05) is 57.6 Å². The fourth-order valence-corrected chi connectivity index (χ4v) is 4.44. The molecule has 1 aromatic carbocycles. The van der Waals surface area contributed by atoms with Crippen molar-refractivity contribution in [3.63, 3.8) is 0 Å². The molecule has 0 saturated carbocycles. The highest BCUT2D eigenvalue weighted by Crippen LogP contribution is 2.27. The molecule has 0 saturated heterocycles. The van der Waals surface area contributed by atoms with Gasteiger partial charge in [-0.05, 0) is 25.1 Å². The first kappa shape index (κ1) is 20.0. The van der Waals surface area contributed by atoms with Gasteiger partial charge < -0.3 is 0 Å². The third-order valence-electron chi connectivity index (χ3n) is 2.90. The number of thioether (sulfide) groups is 1. The standard InChI is InChI=1S/C14H10Cl2N6O2S3/c1-6-19-20-12(26-6)17-10(23)5-25-14-22-21-13(27-14)18-11(24)8-3-2-7(15)4-9(8)16/h2-4H,5H2,1H3,(H,17,20,23)(H,18,21,24). The van der Waals surface area contributed by atoms with Gasteiger partial charge in [0, 0.05) is 5.02 Å². The predicted molar refractivity (Wildman–Crippen MR) is 108 cm³/mol. The van der Waals surface area contributed by atoms with E-state index in [0.29, 0.717) is 19.6 Å². The maximum Gasteiger partial charge on any atom is 0.259 e. The second-order valence-corrected chi connectivity index (χ2v) is 9.14. The smallest absolute Gasteiger partial charge is 0.259 e. The summed E-state index contributed by atoms with van der Waals surface area (Å²) in [6.45, 7) is 1.80. The monoisotopic (exact) mass is 460 g/mol. The quantitative estimate of drug-likeness (QED) is 0.422. The van der Waals surface area contributed by atoms with Crippen molar-refractivity contribution in [3.8, 4) is 0 Å². The van der Waals surface area contributed by atoms with E-state index >= 15 is 0 Å². The van der Waals surface area contributed by atoms with E-state index in [2.05, 4.69) is 31.0 Å². The van der Waals surface area contributed by atoms with Gasteiger partial charge in [-0.3, -0.25) is 20.2 Å². The minimum absolute atomic E-state index is 0.129. The number of anilines is 2. The fraction of sp³-hybridized carbons (Fsp3) is 0.143. The summed E-state index contributed by atoms with van der Waals surface area (Å²) in [5.74, 6) is -0.525. The summed E-state index contributed by atoms with van der Waals surface area (Å²) < 4.78 is 0.538. The third-order valence-corrected chi connectivity index (χ3v) is 6.18. The molecule has 0 aliphatic heterocycles. The number of benzene rings is 1. The summed E-state index contributed by atoms with van der Waals surface area (Å²) in [4.78, 5) is 24.1. The van der Waals surface area contributed by atoms with Crippen molar-refractivity contribution in [2.45, 2.75) is 11.3 Å². The van der Waals surface area contributed by atoms with E-state index in [9.17, 15) is 9.59 Å². The molecule has 0 aliphatic rings. The Morgan fingerprint density at radius 3 is 2.52 bits per heavy atom. The Morgan fingerprint density at radius 2 is 1.81 bits per heavy atom. The van der Waals surface area contributed by atoms with Crippen LogP contribution in [-0.4, -0.2) is 38.0 Å². The number of nitrogens with zero attached hydrogens (tertiary/aromatic N) is 4. The molecule has 2 amide bonds. The molecular formula is C14H10Cl2N6O2S3. The van der Waals surface area contributed by atoms with Crippen LogP contribution in [0, 0.1) is 6.92 Å². The minimum Gasteiger partial charge on any atom is -0.300 e. The Morgan fingerprint density at radius 1 is 1.07 bits per heavy atom. The summed E-state index contributed by atoms with van der Waals surface area (Å²) >= 11 is 15.5. The molecule has 0 bridgehead atoms. The maximum atomic E-state index is 12.2. The SMILES string of the molecule is Cc1nnc(NC(=O)CSc2nnc(NC(=O)c3ccc(Cl)cc3Cl)s2)s1. The van der Waals surface area contributed by atoms with Gasteiger partial charge in [-0.15, -0.1) is 20.4 Å². The van der Waals surface area contributed by atoms with E-state index in [4.69, 9.17) is 23.2 Å². The molecule has 0 unspecified atom stereocenters. The highest BCUT2D eigenvalue weighted by Gasteiger charge is 2.15. The highest BCUT2D eigenvalue weighted by molar-refractivity contribution is 8.01. The molecule has 140 valence electrons. The van der Waals surface area contributed by atoms with E-state index in [0.717, 1.165) is 16.3 Å². The van der Waals surface area contributed by atoms with Gasteiger partial charge in [0.1, 0.15) is 5.01 Å². The molecule has 0 fully saturated rings. The van der Waals surface area contributed by atoms with Crippen molar-refractivity contribution in [2.24, 2.45) is 0 Å². The molecule has 3 aromatic rings. The lowest BCUT2D eigenvalue weighted by Gasteiger charge is -2.03. The van der Waals surface area contributed by atoms with Crippen molar-refractivity contribution in [1.82, 2.24) is 20.4 Å². The first-order valence-corrected chi connectivity index (χ1v) is 10.6. The van der Waals surface area contributed by atoms with Crippen molar-refractivity contribution < 1.29 is 9.59 Å². The Hall–Kier alpha value is -1.79. The van der Waals surface area contributed by atoms with Crippen LogP contribution in [0.25, 0.3) is 0 Å². The van der Waals surface area contributed by atoms with Gasteiger partial charge in [0.05, 0.1) is 16.3 Å². The van der Waals surface area contributed by atoms with Crippen LogP contribution in [0.2, 0.25) is 10.0 Å². The Kier molecular flexibility index (Phi) is 6.60. The molecule has 2 aromatic heterocycles. The van der Waals surface area contributed by atoms with E-state index in [1.54, 1.807) is 13.0 Å². The lowest BCUT2D eigenvalue weighted by atomic mass is 10.2. The summed E-state index contributed by atoms with van der Waals surface area (Å²) in [5, 5.41) is 22.9. The molecule has 13 heteroatoms. The molecule has 2 N–H and O–H groups in total. The minimum atomic E-state index is -0.422. The number of carbonyl (C=O) groups is 2. The van der Waals surface area contributed by atoms with Crippen LogP contribution in [0.4, 0.5) is 10.3 Å². The molecule has 0 atom stereocenters. The normalized spacial score (nSPS) is 10.6. The summed E-state index contributed by atoms with van der Waals surface area (Å²) in [6, 6.07) is 4.58. The number of aromatic nitrogens is 4. The number of nitrogens with one attached hydrogen (secondary N) is 2. The molecule has 27 heavy (non-hydrogen) atoms. The maximum absolute atomic E-state index is 12.2. The number of hydrogen-bond donors (Lipinski definition) is 2. The zero-order chi connectivity index (χ0) is 19.4. The topological polar surface area (TPSA) is 110 Å². The van der Waals surface area contributed by atoms with Crippen molar-refractivity contribution in [1.29, 1.82) is 0 Å². The lowest BCUT2D eigenvalue weighted by molar-refractivity contribution is -0.113. The molecule has 0 aliphatic carbocycles. The molecule has 2 heterocycles. The molecule has 0 spiro atoms. The van der Waals surface area contributed by atoms with Gasteiger partial charge in [0.15, 0.2) is 4.34 Å². The molecule has 0 radical (unpaired) electrons. The van der Waals surface area contributed by atoms with Crippen LogP contribution in [-0.2, 0) is 4.79 Å². The average Bonchev–Trinajstić information content (AvgIpc) is 3.21. The lowest BCUT2D eigenvalue weighted by Crippen LogP contribution is -2.13. The van der Waals surface area contributed by atoms with Gasteiger partial charge in [-0.25, -0.2) is 0 Å². The zero-order valence-electron chi connectivity index (χ0n) is 13.5. The number of rotatable bonds is 6. The summed E-state index contributed by atoms with van der Waals surface area (Å²) in [7, 11) is 0. The number of aryl methyl sites for hydroxylation is 1. The largest absolute Gasteiger partial charge is 0.300 e. The van der Waals surface area contributed by atoms with Gasteiger partial charge in [0.2, 0.25) is 16.2 Å². The molecule has 3 rings (SSSR count). The Labute approximate surface area is 175 Å². The van der Waals surface area contributed by atoms with Crippen LogP contribution >= 0.6 is 57.6 Å². The zero-order valence-corrected chi connectivity index (χ0v) is 17.5. The van der Waals surface area contributed by atoms with Crippen LogP contribution in [0.3, 0.4) is 0 Å². The van der Waals surface area contributed by atoms with Gasteiger partial charge >= 0.3 is 0 Å². The van der Waals surface area contributed by atoms with Crippen LogP contribution in [0.15, 0.2) is 22.5 Å². The van der Waals surface area contributed by atoms with E-state index in [1.165, 1.54) is 35.2 Å². The first-order valence-electron chi connectivity index (χ1n) is 7.23. The Balaban J connectivity index is 1.53. The van der Waals surface area contributed by atoms with Gasteiger partial charge in [-0.2, -0.15) is 0 Å². The summed E-state index contributed by atoms with van der Waals surface area (Å²) in [5.41, 5.74) is 0.275. The third kappa shape index (κ3) is 5.59. The first-order chi connectivity index (χ1) is 12.9. The van der Waals surface area contributed by atoms with Crippen LogP contribution in [0.5, 0.6) is 0 Å². The van der Waals surface area contributed by atoms with E-state index in [1.807, 2.05) is 0 Å². The second kappa shape index (κ2) is 8.93.